The van der Waals surface area contributed by atoms with Gasteiger partial charge in [-0.15, -0.1) is 0 Å². The van der Waals surface area contributed by atoms with Crippen molar-refractivity contribution in [1.29, 1.82) is 0 Å². The van der Waals surface area contributed by atoms with E-state index in [4.69, 9.17) is 4.74 Å². The number of ether oxygens (including phenoxy) is 1. The molecule has 1 N–H and O–H groups in total. The molecule has 0 spiro atoms. The molecule has 4 nitrogen and oxygen atoms in total. The van der Waals surface area contributed by atoms with E-state index >= 15 is 0 Å². The number of aryl methyl sites for hydroxylation is 1. The number of carbonyl (C=O) groups is 1. The Kier molecular flexibility index (Phi) is 6.81. The van der Waals surface area contributed by atoms with Crippen LogP contribution in [-0.2, 0) is 9.53 Å². The fraction of sp³-hybridized carbons (Fsp3) is 0.409. The van der Waals surface area contributed by atoms with Crippen LogP contribution in [0.2, 0.25) is 0 Å². The molecule has 0 aliphatic carbocycles. The van der Waals surface area contributed by atoms with Crippen molar-refractivity contribution in [1.82, 2.24) is 10.2 Å². The van der Waals surface area contributed by atoms with Crippen molar-refractivity contribution in [2.75, 3.05) is 39.4 Å². The van der Waals surface area contributed by atoms with Crippen molar-refractivity contribution in [3.8, 4) is 0 Å². The number of hydrogen-bond donors (Lipinski definition) is 1. The fourth-order valence-electron chi connectivity index (χ4n) is 3.51. The summed E-state index contributed by atoms with van der Waals surface area (Å²) in [5.41, 5.74) is 3.63. The van der Waals surface area contributed by atoms with Gasteiger partial charge in [0.25, 0.3) is 0 Å². The van der Waals surface area contributed by atoms with Gasteiger partial charge in [-0.1, -0.05) is 54.6 Å². The highest BCUT2D eigenvalue weighted by Crippen LogP contribution is 2.30. The zero-order valence-electron chi connectivity index (χ0n) is 15.5. The second-order valence-corrected chi connectivity index (χ2v) is 6.83. The molecule has 1 unspecified atom stereocenters. The molecule has 138 valence electrons. The molecule has 1 heterocycles. The summed E-state index contributed by atoms with van der Waals surface area (Å²) in [6, 6.07) is 18.7. The van der Waals surface area contributed by atoms with Crippen molar-refractivity contribution in [2.24, 2.45) is 0 Å². The van der Waals surface area contributed by atoms with Crippen molar-refractivity contribution in [3.63, 3.8) is 0 Å². The van der Waals surface area contributed by atoms with Crippen molar-refractivity contribution >= 4 is 5.91 Å². The third kappa shape index (κ3) is 5.16. The number of nitrogens with zero attached hydrogens (tertiary/aromatic N) is 1. The normalized spacial score (nSPS) is 16.2. The van der Waals surface area contributed by atoms with E-state index in [0.717, 1.165) is 32.8 Å². The van der Waals surface area contributed by atoms with Gasteiger partial charge in [-0.25, -0.2) is 0 Å². The molecular formula is C22H28N2O2. The molecule has 1 aliphatic rings. The van der Waals surface area contributed by atoms with E-state index in [2.05, 4.69) is 47.5 Å². The minimum atomic E-state index is 0.0841. The highest BCUT2D eigenvalue weighted by Gasteiger charge is 2.19. The summed E-state index contributed by atoms with van der Waals surface area (Å²) in [6.07, 6.45) is 0.470. The lowest BCUT2D eigenvalue weighted by Crippen LogP contribution is -2.41. The van der Waals surface area contributed by atoms with Gasteiger partial charge < -0.3 is 10.1 Å². The van der Waals surface area contributed by atoms with E-state index < -0.39 is 0 Å². The van der Waals surface area contributed by atoms with Gasteiger partial charge in [-0.05, 0) is 23.6 Å². The molecule has 3 rings (SSSR count). The molecule has 1 aliphatic heterocycles. The zero-order valence-corrected chi connectivity index (χ0v) is 15.5. The second-order valence-electron chi connectivity index (χ2n) is 6.83. The summed E-state index contributed by atoms with van der Waals surface area (Å²) >= 11 is 0. The van der Waals surface area contributed by atoms with Gasteiger partial charge >= 0.3 is 0 Å². The minimum absolute atomic E-state index is 0.0841. The van der Waals surface area contributed by atoms with E-state index in [1.807, 2.05) is 24.3 Å². The van der Waals surface area contributed by atoms with Gasteiger partial charge in [0.15, 0.2) is 0 Å². The van der Waals surface area contributed by atoms with E-state index in [1.165, 1.54) is 16.7 Å². The van der Waals surface area contributed by atoms with Gasteiger partial charge in [0.1, 0.15) is 0 Å². The van der Waals surface area contributed by atoms with Gasteiger partial charge in [0.05, 0.1) is 13.2 Å². The zero-order chi connectivity index (χ0) is 18.2. The average Bonchev–Trinajstić information content (AvgIpc) is 2.68. The first kappa shape index (κ1) is 18.6. The second kappa shape index (κ2) is 9.51. The summed E-state index contributed by atoms with van der Waals surface area (Å²) in [4.78, 5) is 14.9. The number of benzene rings is 2. The Balaban J connectivity index is 1.62. The lowest BCUT2D eigenvalue weighted by Gasteiger charge is -2.26. The maximum Gasteiger partial charge on any atom is 0.220 e. The smallest absolute Gasteiger partial charge is 0.220 e. The largest absolute Gasteiger partial charge is 0.379 e. The van der Waals surface area contributed by atoms with Crippen LogP contribution >= 0.6 is 0 Å². The maximum absolute atomic E-state index is 12.6. The molecule has 0 aromatic heterocycles. The molecular weight excluding hydrogens is 324 g/mol. The summed E-state index contributed by atoms with van der Waals surface area (Å²) in [5.74, 6) is 0.191. The first-order valence-electron chi connectivity index (χ1n) is 9.41. The van der Waals surface area contributed by atoms with Crippen LogP contribution in [0, 0.1) is 6.92 Å². The van der Waals surface area contributed by atoms with E-state index in [1.54, 1.807) is 0 Å². The first-order valence-corrected chi connectivity index (χ1v) is 9.41. The third-order valence-electron chi connectivity index (χ3n) is 5.01. The molecule has 0 saturated carbocycles. The summed E-state index contributed by atoms with van der Waals surface area (Å²) < 4.78 is 5.36. The quantitative estimate of drug-likeness (QED) is 0.833. The number of hydrogen-bond acceptors (Lipinski definition) is 3. The van der Waals surface area contributed by atoms with Crippen LogP contribution in [0.25, 0.3) is 0 Å². The molecule has 0 radical (unpaired) electrons. The SMILES string of the molecule is Cc1ccccc1C(CC(=O)NCCN1CCOCC1)c1ccccc1. The Morgan fingerprint density at radius 3 is 2.50 bits per heavy atom. The van der Waals surface area contributed by atoms with Crippen LogP contribution in [0.3, 0.4) is 0 Å². The molecule has 2 aromatic carbocycles. The maximum atomic E-state index is 12.6. The average molecular weight is 352 g/mol. The Labute approximate surface area is 156 Å². The summed E-state index contributed by atoms with van der Waals surface area (Å²) in [7, 11) is 0. The lowest BCUT2D eigenvalue weighted by atomic mass is 9.86. The summed E-state index contributed by atoms with van der Waals surface area (Å²) in [5, 5.41) is 3.10. The number of carbonyl (C=O) groups excluding carboxylic acids is 1. The fourth-order valence-corrected chi connectivity index (χ4v) is 3.51. The molecule has 1 atom stereocenters. The minimum Gasteiger partial charge on any atom is -0.379 e. The van der Waals surface area contributed by atoms with Gasteiger partial charge in [0.2, 0.25) is 5.91 Å². The van der Waals surface area contributed by atoms with E-state index in [9.17, 15) is 4.79 Å². The molecule has 1 fully saturated rings. The Morgan fingerprint density at radius 2 is 1.77 bits per heavy atom. The van der Waals surface area contributed by atoms with Crippen molar-refractivity contribution < 1.29 is 9.53 Å². The standard InChI is InChI=1S/C22H28N2O2/c1-18-7-5-6-10-20(18)21(19-8-3-2-4-9-19)17-22(25)23-11-12-24-13-15-26-16-14-24/h2-10,21H,11-17H2,1H3,(H,23,25). The van der Waals surface area contributed by atoms with E-state index in [-0.39, 0.29) is 11.8 Å². The van der Waals surface area contributed by atoms with Crippen molar-refractivity contribution in [2.45, 2.75) is 19.3 Å². The molecule has 2 aromatic rings. The molecule has 26 heavy (non-hydrogen) atoms. The van der Waals surface area contributed by atoms with Crippen LogP contribution in [0.1, 0.15) is 29.0 Å². The molecule has 1 amide bonds. The Morgan fingerprint density at radius 1 is 1.08 bits per heavy atom. The Bertz CT molecular complexity index is 696. The van der Waals surface area contributed by atoms with Gasteiger partial charge in [0, 0.05) is 38.5 Å². The number of morpholine rings is 1. The lowest BCUT2D eigenvalue weighted by molar-refractivity contribution is -0.121. The third-order valence-corrected chi connectivity index (χ3v) is 5.01. The van der Waals surface area contributed by atoms with Crippen molar-refractivity contribution in [3.05, 3.63) is 71.3 Å². The highest BCUT2D eigenvalue weighted by molar-refractivity contribution is 5.77. The summed E-state index contributed by atoms with van der Waals surface area (Å²) in [6.45, 7) is 7.16. The number of nitrogens with one attached hydrogen (secondary N) is 1. The highest BCUT2D eigenvalue weighted by atomic mass is 16.5. The van der Waals surface area contributed by atoms with Crippen LogP contribution in [0.5, 0.6) is 0 Å². The van der Waals surface area contributed by atoms with Gasteiger partial charge in [-0.3, -0.25) is 9.69 Å². The molecule has 1 saturated heterocycles. The van der Waals surface area contributed by atoms with Crippen LogP contribution < -0.4 is 5.32 Å². The van der Waals surface area contributed by atoms with Crippen LogP contribution in [0.15, 0.2) is 54.6 Å². The Hall–Kier alpha value is -2.17. The monoisotopic (exact) mass is 352 g/mol. The van der Waals surface area contributed by atoms with E-state index in [0.29, 0.717) is 13.0 Å². The number of amides is 1. The van der Waals surface area contributed by atoms with Gasteiger partial charge in [-0.2, -0.15) is 0 Å². The van der Waals surface area contributed by atoms with Crippen LogP contribution in [-0.4, -0.2) is 50.2 Å². The van der Waals surface area contributed by atoms with Crippen LogP contribution in [0.4, 0.5) is 0 Å². The first-order chi connectivity index (χ1) is 12.7. The predicted molar refractivity (Wildman–Crippen MR) is 104 cm³/mol. The topological polar surface area (TPSA) is 41.6 Å². The molecule has 0 bridgehead atoms. The molecule has 4 heteroatoms. The predicted octanol–water partition coefficient (Wildman–Crippen LogP) is 2.97. The number of rotatable bonds is 7.